The molecular weight excluding hydrogens is 508 g/mol. The van der Waals surface area contributed by atoms with Gasteiger partial charge in [-0.25, -0.2) is 8.42 Å². The van der Waals surface area contributed by atoms with Crippen LogP contribution in [0.5, 0.6) is 0 Å². The smallest absolute Gasteiger partial charge is 0.261 e. The second kappa shape index (κ2) is 8.25. The molecule has 2 aliphatic rings. The van der Waals surface area contributed by atoms with E-state index in [1.807, 2.05) is 18.2 Å². The van der Waals surface area contributed by atoms with Gasteiger partial charge in [0.05, 0.1) is 16.6 Å². The lowest BCUT2D eigenvalue weighted by Gasteiger charge is -2.38. The van der Waals surface area contributed by atoms with Crippen LogP contribution in [0.3, 0.4) is 0 Å². The third kappa shape index (κ3) is 3.74. The number of halogens is 2. The Bertz CT molecular complexity index is 1340. The maximum absolute atomic E-state index is 13.2. The summed E-state index contributed by atoms with van der Waals surface area (Å²) in [6, 6.07) is 18.9. The van der Waals surface area contributed by atoms with E-state index < -0.39 is 10.0 Å². The molecule has 3 aromatic rings. The van der Waals surface area contributed by atoms with E-state index in [9.17, 15) is 8.42 Å². The molecule has 0 saturated heterocycles. The molecule has 0 aromatic heterocycles. The molecule has 1 aliphatic heterocycles. The molecule has 0 unspecified atom stereocenters. The summed E-state index contributed by atoms with van der Waals surface area (Å²) < 4.78 is 30.1. The van der Waals surface area contributed by atoms with Gasteiger partial charge in [0.1, 0.15) is 0 Å². The molecule has 0 spiro atoms. The number of sulfonamides is 1. The molecule has 0 fully saturated rings. The van der Waals surface area contributed by atoms with Crippen LogP contribution in [0.4, 0.5) is 11.4 Å². The summed E-state index contributed by atoms with van der Waals surface area (Å²) in [6.45, 7) is 1.80. The van der Waals surface area contributed by atoms with Gasteiger partial charge in [-0.15, -0.1) is 0 Å². The van der Waals surface area contributed by atoms with Gasteiger partial charge >= 0.3 is 0 Å². The maximum atomic E-state index is 13.2. The lowest BCUT2D eigenvalue weighted by atomic mass is 9.77. The maximum Gasteiger partial charge on any atom is 0.261 e. The van der Waals surface area contributed by atoms with E-state index in [2.05, 4.69) is 50.3 Å². The Kier molecular flexibility index (Phi) is 5.56. The van der Waals surface area contributed by atoms with Crippen molar-refractivity contribution in [1.82, 2.24) is 0 Å². The van der Waals surface area contributed by atoms with Crippen LogP contribution in [0.1, 0.15) is 35.1 Å². The summed E-state index contributed by atoms with van der Waals surface area (Å²) in [7, 11) is -3.76. The summed E-state index contributed by atoms with van der Waals surface area (Å²) in [5, 5.41) is 4.19. The summed E-state index contributed by atoms with van der Waals surface area (Å²) in [5.41, 5.74) is 4.38. The third-order valence-corrected chi connectivity index (χ3v) is 8.89. The Morgan fingerprint density at radius 3 is 2.69 bits per heavy atom. The average Bonchev–Trinajstić information content (AvgIpc) is 3.27. The fourth-order valence-electron chi connectivity index (χ4n) is 4.70. The first-order valence-corrected chi connectivity index (χ1v) is 13.1. The molecule has 164 valence electrons. The highest BCUT2D eigenvalue weighted by atomic mass is 79.9. The number of fused-ring (bicyclic) bond motifs is 3. The van der Waals surface area contributed by atoms with Gasteiger partial charge in [0.15, 0.2) is 0 Å². The molecule has 32 heavy (non-hydrogen) atoms. The number of hydrogen-bond donors (Lipinski definition) is 2. The SMILES string of the molecule is Cc1c(Cl)cccc1NS(=O)(=O)c1ccc2c(c1)[C@@H]1C=CC[C@H]1[C@@H](c1ccccc1Br)N2. The van der Waals surface area contributed by atoms with Crippen molar-refractivity contribution >= 4 is 48.9 Å². The normalized spacial score (nSPS) is 21.5. The molecule has 3 aromatic carbocycles. The van der Waals surface area contributed by atoms with E-state index in [1.165, 1.54) is 5.56 Å². The highest BCUT2D eigenvalue weighted by Crippen LogP contribution is 2.51. The predicted molar refractivity (Wildman–Crippen MR) is 134 cm³/mol. The Balaban J connectivity index is 1.51. The van der Waals surface area contributed by atoms with Crippen LogP contribution in [-0.2, 0) is 10.0 Å². The molecular formula is C25H22BrClN2O2S. The van der Waals surface area contributed by atoms with Gasteiger partial charge in [-0.05, 0) is 72.4 Å². The van der Waals surface area contributed by atoms with E-state index in [4.69, 9.17) is 11.6 Å². The summed E-state index contributed by atoms with van der Waals surface area (Å²) >= 11 is 9.86. The molecule has 1 heterocycles. The van der Waals surface area contributed by atoms with Gasteiger partial charge in [0, 0.05) is 21.1 Å². The van der Waals surface area contributed by atoms with Crippen molar-refractivity contribution in [2.24, 2.45) is 5.92 Å². The molecule has 0 saturated carbocycles. The standard InChI is InChI=1S/C25H22BrClN2O2S/c1-15-22(27)10-5-11-23(15)29-32(30,31)16-12-13-24-20(14-16)17-7-4-8-18(17)25(28-24)19-6-2-3-9-21(19)26/h2-7,9-14,17-18,25,28-29H,8H2,1H3/t17-,18-,25+/m1/s1. The van der Waals surface area contributed by atoms with E-state index in [0.29, 0.717) is 22.2 Å². The van der Waals surface area contributed by atoms with Crippen molar-refractivity contribution in [3.8, 4) is 0 Å². The average molecular weight is 530 g/mol. The molecule has 0 bridgehead atoms. The monoisotopic (exact) mass is 528 g/mol. The van der Waals surface area contributed by atoms with Gasteiger partial charge in [0.25, 0.3) is 10.0 Å². The van der Waals surface area contributed by atoms with Crippen LogP contribution in [0.15, 0.2) is 82.2 Å². The van der Waals surface area contributed by atoms with Crippen molar-refractivity contribution in [1.29, 1.82) is 0 Å². The summed E-state index contributed by atoms with van der Waals surface area (Å²) in [4.78, 5) is 0.246. The zero-order valence-corrected chi connectivity index (χ0v) is 20.5. The fourth-order valence-corrected chi connectivity index (χ4v) is 6.56. The molecule has 0 amide bonds. The van der Waals surface area contributed by atoms with Crippen molar-refractivity contribution in [2.75, 3.05) is 10.0 Å². The zero-order chi connectivity index (χ0) is 22.5. The summed E-state index contributed by atoms with van der Waals surface area (Å²) in [6.07, 6.45) is 5.35. The first-order valence-electron chi connectivity index (χ1n) is 10.4. The van der Waals surface area contributed by atoms with Crippen molar-refractivity contribution in [2.45, 2.75) is 30.2 Å². The van der Waals surface area contributed by atoms with Crippen LogP contribution >= 0.6 is 27.5 Å². The quantitative estimate of drug-likeness (QED) is 0.356. The number of hydrogen-bond acceptors (Lipinski definition) is 3. The highest BCUT2D eigenvalue weighted by Gasteiger charge is 2.39. The minimum Gasteiger partial charge on any atom is -0.378 e. The lowest BCUT2D eigenvalue weighted by Crippen LogP contribution is -2.29. The second-order valence-electron chi connectivity index (χ2n) is 8.26. The topological polar surface area (TPSA) is 58.2 Å². The molecule has 1 aliphatic carbocycles. The first-order chi connectivity index (χ1) is 15.3. The molecule has 3 atom stereocenters. The number of benzene rings is 3. The van der Waals surface area contributed by atoms with Gasteiger partial charge < -0.3 is 5.32 Å². The van der Waals surface area contributed by atoms with Crippen LogP contribution in [0.25, 0.3) is 0 Å². The Morgan fingerprint density at radius 1 is 1.06 bits per heavy atom. The van der Waals surface area contributed by atoms with Crippen molar-refractivity contribution in [3.05, 3.63) is 99.0 Å². The molecule has 5 rings (SSSR count). The summed E-state index contributed by atoms with van der Waals surface area (Å²) in [5.74, 6) is 0.480. The molecule has 2 N–H and O–H groups in total. The zero-order valence-electron chi connectivity index (χ0n) is 17.3. The van der Waals surface area contributed by atoms with Crippen molar-refractivity contribution in [3.63, 3.8) is 0 Å². The molecule has 0 radical (unpaired) electrons. The Labute approximate surface area is 201 Å². The number of rotatable bonds is 4. The van der Waals surface area contributed by atoms with Gasteiger partial charge in [-0.1, -0.05) is 63.9 Å². The molecule has 7 heteroatoms. The van der Waals surface area contributed by atoms with E-state index in [1.54, 1.807) is 37.3 Å². The number of anilines is 2. The van der Waals surface area contributed by atoms with E-state index >= 15 is 0 Å². The highest BCUT2D eigenvalue weighted by molar-refractivity contribution is 9.10. The van der Waals surface area contributed by atoms with Crippen molar-refractivity contribution < 1.29 is 8.42 Å². The Morgan fingerprint density at radius 2 is 1.88 bits per heavy atom. The number of allylic oxidation sites excluding steroid dienone is 2. The third-order valence-electron chi connectivity index (χ3n) is 6.40. The largest absolute Gasteiger partial charge is 0.378 e. The van der Waals surface area contributed by atoms with E-state index in [0.717, 1.165) is 22.1 Å². The van der Waals surface area contributed by atoms with Gasteiger partial charge in [-0.3, -0.25) is 4.72 Å². The Hall–Kier alpha value is -2.28. The minimum atomic E-state index is -3.76. The second-order valence-corrected chi connectivity index (χ2v) is 11.2. The van der Waals surface area contributed by atoms with E-state index in [-0.39, 0.29) is 16.9 Å². The lowest BCUT2D eigenvalue weighted by molar-refractivity contribution is 0.424. The minimum absolute atomic E-state index is 0.146. The van der Waals surface area contributed by atoms with Gasteiger partial charge in [0.2, 0.25) is 0 Å². The van der Waals surface area contributed by atoms with Gasteiger partial charge in [-0.2, -0.15) is 0 Å². The molecule has 4 nitrogen and oxygen atoms in total. The van der Waals surface area contributed by atoms with Crippen LogP contribution in [0.2, 0.25) is 5.02 Å². The number of nitrogens with one attached hydrogen (secondary N) is 2. The fraction of sp³-hybridized carbons (Fsp3) is 0.200. The first kappa shape index (κ1) is 21.6. The van der Waals surface area contributed by atoms with Crippen LogP contribution in [0, 0.1) is 12.8 Å². The van der Waals surface area contributed by atoms with Crippen LogP contribution < -0.4 is 10.0 Å². The van der Waals surface area contributed by atoms with Crippen LogP contribution in [-0.4, -0.2) is 8.42 Å². The predicted octanol–water partition coefficient (Wildman–Crippen LogP) is 7.04.